The average molecular weight is 499 g/mol. The summed E-state index contributed by atoms with van der Waals surface area (Å²) in [6, 6.07) is 8.41. The molecular formula is C21H15ClF4N4O4. The number of benzene rings is 2. The Bertz CT molecular complexity index is 1240. The Balaban J connectivity index is 1.48. The zero-order chi connectivity index (χ0) is 24.5. The molecule has 0 fully saturated rings. The van der Waals surface area contributed by atoms with Gasteiger partial charge in [0.2, 0.25) is 5.95 Å². The van der Waals surface area contributed by atoms with Gasteiger partial charge in [-0.15, -0.1) is 13.2 Å². The van der Waals surface area contributed by atoms with E-state index in [1.54, 1.807) is 18.2 Å². The van der Waals surface area contributed by atoms with Crippen molar-refractivity contribution in [1.29, 1.82) is 0 Å². The van der Waals surface area contributed by atoms with Crippen molar-refractivity contribution in [2.45, 2.75) is 18.9 Å². The smallest absolute Gasteiger partial charge is 0.478 e. The Morgan fingerprint density at radius 2 is 1.91 bits per heavy atom. The Morgan fingerprint density at radius 1 is 1.18 bits per heavy atom. The van der Waals surface area contributed by atoms with Crippen molar-refractivity contribution < 1.29 is 36.6 Å². The molecule has 0 unspecified atom stereocenters. The minimum Gasteiger partial charge on any atom is -0.478 e. The second kappa shape index (κ2) is 9.21. The van der Waals surface area contributed by atoms with Crippen molar-refractivity contribution in [3.8, 4) is 11.5 Å². The van der Waals surface area contributed by atoms with E-state index in [4.69, 9.17) is 21.1 Å². The lowest BCUT2D eigenvalue weighted by atomic mass is 10.1. The van der Waals surface area contributed by atoms with Crippen LogP contribution in [-0.2, 0) is 16.0 Å². The number of hydrogen-bond acceptors (Lipinski definition) is 8. The van der Waals surface area contributed by atoms with Crippen LogP contribution in [0.1, 0.15) is 5.56 Å². The molecule has 1 aromatic heterocycles. The number of methoxy groups -OCH3 is 1. The van der Waals surface area contributed by atoms with Gasteiger partial charge in [0.1, 0.15) is 11.5 Å². The standard InChI is InChI=1S/C21H15ClF4N4O4/c1-32-19(31)17-7-10-6-11(2-4-15(10)33-17)29-20-27-9-14(23)18(30-20)28-12-3-5-16(13(22)8-12)34-21(24,25)26/h2-6,8-9,17H,7H2,1H3,(H2,27,28,29,30)/t17-/m0/s1. The van der Waals surface area contributed by atoms with Crippen LogP contribution in [0, 0.1) is 5.82 Å². The maximum absolute atomic E-state index is 14.2. The van der Waals surface area contributed by atoms with E-state index < -0.39 is 30.0 Å². The highest BCUT2D eigenvalue weighted by Crippen LogP contribution is 2.34. The highest BCUT2D eigenvalue weighted by atomic mass is 35.5. The van der Waals surface area contributed by atoms with Gasteiger partial charge in [-0.1, -0.05) is 11.6 Å². The molecule has 8 nitrogen and oxygen atoms in total. The van der Waals surface area contributed by atoms with Gasteiger partial charge in [0.05, 0.1) is 18.3 Å². The van der Waals surface area contributed by atoms with Crippen LogP contribution in [0.5, 0.6) is 11.5 Å². The largest absolute Gasteiger partial charge is 0.573 e. The van der Waals surface area contributed by atoms with Crippen LogP contribution >= 0.6 is 11.6 Å². The number of fused-ring (bicyclic) bond motifs is 1. The molecule has 0 saturated carbocycles. The SMILES string of the molecule is COC(=O)[C@@H]1Cc2cc(Nc3ncc(F)c(Nc4ccc(OC(F)(F)F)c(Cl)c4)n3)ccc2O1. The summed E-state index contributed by atoms with van der Waals surface area (Å²) in [5.41, 5.74) is 1.49. The van der Waals surface area contributed by atoms with Gasteiger partial charge >= 0.3 is 12.3 Å². The molecule has 178 valence electrons. The summed E-state index contributed by atoms with van der Waals surface area (Å²) >= 11 is 5.82. The molecular weight excluding hydrogens is 484 g/mol. The van der Waals surface area contributed by atoms with E-state index in [0.29, 0.717) is 17.9 Å². The van der Waals surface area contributed by atoms with Crippen LogP contribution in [0.25, 0.3) is 0 Å². The molecule has 0 radical (unpaired) electrons. The molecule has 3 aromatic rings. The van der Waals surface area contributed by atoms with E-state index in [1.807, 2.05) is 0 Å². The second-order valence-corrected chi connectivity index (χ2v) is 7.40. The van der Waals surface area contributed by atoms with Crippen LogP contribution < -0.4 is 20.1 Å². The molecule has 2 aromatic carbocycles. The van der Waals surface area contributed by atoms with E-state index in [0.717, 1.165) is 23.9 Å². The molecule has 2 heterocycles. The monoisotopic (exact) mass is 498 g/mol. The van der Waals surface area contributed by atoms with Crippen LogP contribution in [0.4, 0.5) is 40.7 Å². The fraction of sp³-hybridized carbons (Fsp3) is 0.190. The summed E-state index contributed by atoms with van der Waals surface area (Å²) in [6.45, 7) is 0. The second-order valence-electron chi connectivity index (χ2n) is 6.99. The Hall–Kier alpha value is -3.80. The molecule has 0 amide bonds. The zero-order valence-electron chi connectivity index (χ0n) is 17.2. The number of nitrogens with zero attached hydrogens (tertiary/aromatic N) is 2. The number of carbonyl (C=O) groups is 1. The highest BCUT2D eigenvalue weighted by Gasteiger charge is 2.32. The van der Waals surface area contributed by atoms with Crippen molar-refractivity contribution in [3.63, 3.8) is 0 Å². The van der Waals surface area contributed by atoms with E-state index in [-0.39, 0.29) is 22.5 Å². The van der Waals surface area contributed by atoms with Gasteiger partial charge in [0, 0.05) is 23.4 Å². The Morgan fingerprint density at radius 3 is 2.62 bits per heavy atom. The van der Waals surface area contributed by atoms with Gasteiger partial charge in [-0.3, -0.25) is 0 Å². The first-order chi connectivity index (χ1) is 16.1. The molecule has 0 aliphatic carbocycles. The van der Waals surface area contributed by atoms with Crippen LogP contribution in [0.15, 0.2) is 42.6 Å². The summed E-state index contributed by atoms with van der Waals surface area (Å²) in [7, 11) is 1.28. The topological polar surface area (TPSA) is 94.6 Å². The molecule has 2 N–H and O–H groups in total. The van der Waals surface area contributed by atoms with Gasteiger partial charge in [-0.25, -0.2) is 14.2 Å². The van der Waals surface area contributed by atoms with E-state index in [9.17, 15) is 22.4 Å². The fourth-order valence-electron chi connectivity index (χ4n) is 3.16. The van der Waals surface area contributed by atoms with Gasteiger partial charge in [-0.05, 0) is 36.4 Å². The van der Waals surface area contributed by atoms with Gasteiger partial charge in [-0.2, -0.15) is 4.98 Å². The maximum atomic E-state index is 14.2. The average Bonchev–Trinajstić information content (AvgIpc) is 3.20. The van der Waals surface area contributed by atoms with Crippen molar-refractivity contribution in [1.82, 2.24) is 9.97 Å². The third-order valence-corrected chi connectivity index (χ3v) is 4.92. The van der Waals surface area contributed by atoms with Crippen molar-refractivity contribution in [2.24, 2.45) is 0 Å². The summed E-state index contributed by atoms with van der Waals surface area (Å²) in [5.74, 6) is -1.55. The van der Waals surface area contributed by atoms with Crippen molar-refractivity contribution in [3.05, 3.63) is 59.0 Å². The first-order valence-corrected chi connectivity index (χ1v) is 9.98. The van der Waals surface area contributed by atoms with E-state index in [1.165, 1.54) is 13.2 Å². The van der Waals surface area contributed by atoms with E-state index >= 15 is 0 Å². The minimum absolute atomic E-state index is 0.0374. The number of ether oxygens (including phenoxy) is 3. The molecule has 4 rings (SSSR count). The lowest BCUT2D eigenvalue weighted by Gasteiger charge is -2.13. The number of aromatic nitrogens is 2. The summed E-state index contributed by atoms with van der Waals surface area (Å²) < 4.78 is 65.4. The lowest BCUT2D eigenvalue weighted by molar-refractivity contribution is -0.274. The number of carbonyl (C=O) groups excluding carboxylic acids is 1. The molecule has 1 aliphatic heterocycles. The first-order valence-electron chi connectivity index (χ1n) is 9.60. The molecule has 13 heteroatoms. The molecule has 34 heavy (non-hydrogen) atoms. The van der Waals surface area contributed by atoms with Gasteiger partial charge in [0.25, 0.3) is 0 Å². The van der Waals surface area contributed by atoms with E-state index in [2.05, 4.69) is 25.3 Å². The fourth-order valence-corrected chi connectivity index (χ4v) is 3.38. The van der Waals surface area contributed by atoms with Gasteiger partial charge in [0.15, 0.2) is 17.7 Å². The number of nitrogens with one attached hydrogen (secondary N) is 2. The number of rotatable bonds is 6. The predicted molar refractivity (Wildman–Crippen MR) is 113 cm³/mol. The summed E-state index contributed by atoms with van der Waals surface area (Å²) in [6.07, 6.45) is -4.39. The minimum atomic E-state index is -4.90. The molecule has 1 atom stereocenters. The Labute approximate surface area is 194 Å². The third kappa shape index (κ3) is 5.39. The normalized spacial score (nSPS) is 14.7. The lowest BCUT2D eigenvalue weighted by Crippen LogP contribution is -2.26. The number of halogens is 5. The number of anilines is 4. The number of alkyl halides is 3. The highest BCUT2D eigenvalue weighted by molar-refractivity contribution is 6.32. The third-order valence-electron chi connectivity index (χ3n) is 4.62. The Kier molecular flexibility index (Phi) is 6.33. The molecule has 0 bridgehead atoms. The quantitative estimate of drug-likeness (QED) is 0.357. The predicted octanol–water partition coefficient (Wildman–Crippen LogP) is 5.13. The maximum Gasteiger partial charge on any atom is 0.573 e. The number of esters is 1. The summed E-state index contributed by atoms with van der Waals surface area (Å²) in [4.78, 5) is 19.6. The van der Waals surface area contributed by atoms with Crippen LogP contribution in [-0.4, -0.2) is 35.5 Å². The van der Waals surface area contributed by atoms with Crippen LogP contribution in [0.3, 0.4) is 0 Å². The molecule has 0 spiro atoms. The molecule has 1 aliphatic rings. The summed E-state index contributed by atoms with van der Waals surface area (Å²) in [5, 5.41) is 5.22. The first kappa shape index (κ1) is 23.4. The van der Waals surface area contributed by atoms with Crippen LogP contribution in [0.2, 0.25) is 5.02 Å². The van der Waals surface area contributed by atoms with Gasteiger partial charge < -0.3 is 24.8 Å². The molecule has 0 saturated heterocycles. The zero-order valence-corrected chi connectivity index (χ0v) is 18.0. The van der Waals surface area contributed by atoms with Crippen molar-refractivity contribution in [2.75, 3.05) is 17.7 Å². The van der Waals surface area contributed by atoms with Crippen molar-refractivity contribution >= 4 is 40.7 Å². The number of hydrogen-bond donors (Lipinski definition) is 2.